The monoisotopic (exact) mass is 294 g/mol. The zero-order valence-corrected chi connectivity index (χ0v) is 13.9. The largest absolute Gasteiger partial charge is 0.299 e. The first-order chi connectivity index (χ1) is 10.8. The molecule has 2 aromatic carbocycles. The maximum Gasteiger partial charge on any atom is 0.0376 e. The molecule has 0 amide bonds. The molecule has 0 aliphatic rings. The first-order valence-electron chi connectivity index (χ1n) is 8.43. The molecule has 1 radical (unpaired) electrons. The maximum absolute atomic E-state index is 2.48. The van der Waals surface area contributed by atoms with Crippen LogP contribution in [0.5, 0.6) is 0 Å². The first-order valence-corrected chi connectivity index (χ1v) is 8.43. The van der Waals surface area contributed by atoms with Gasteiger partial charge >= 0.3 is 0 Å². The van der Waals surface area contributed by atoms with E-state index in [0.717, 1.165) is 13.0 Å². The second kappa shape index (κ2) is 9.42. The standard InChI is InChI=1S/C21H28N/c1-3-4-17-21(20-15-9-6-10-16-20)22(2)18-11-14-19-12-7-5-8-13-19/h5-10,12-13,15-17,21H,3-4,11,14,18H2,1-2H3. The van der Waals surface area contributed by atoms with Gasteiger partial charge in [0.15, 0.2) is 0 Å². The Balaban J connectivity index is 1.89. The van der Waals surface area contributed by atoms with Gasteiger partial charge in [-0.25, -0.2) is 0 Å². The molecule has 22 heavy (non-hydrogen) atoms. The molecule has 0 aromatic heterocycles. The van der Waals surface area contributed by atoms with Crippen molar-refractivity contribution in [2.24, 2.45) is 0 Å². The third kappa shape index (κ3) is 5.31. The molecule has 0 aliphatic heterocycles. The van der Waals surface area contributed by atoms with Crippen LogP contribution in [0, 0.1) is 6.42 Å². The van der Waals surface area contributed by atoms with Gasteiger partial charge in [-0.3, -0.25) is 4.90 Å². The lowest BCUT2D eigenvalue weighted by Gasteiger charge is -2.28. The van der Waals surface area contributed by atoms with Crippen molar-refractivity contribution in [1.29, 1.82) is 0 Å². The molecule has 117 valence electrons. The van der Waals surface area contributed by atoms with Crippen molar-refractivity contribution in [3.63, 3.8) is 0 Å². The Bertz CT molecular complexity index is 506. The van der Waals surface area contributed by atoms with Crippen LogP contribution in [0.3, 0.4) is 0 Å². The third-order valence-electron chi connectivity index (χ3n) is 4.11. The molecule has 0 saturated carbocycles. The summed E-state index contributed by atoms with van der Waals surface area (Å²) < 4.78 is 0. The predicted molar refractivity (Wildman–Crippen MR) is 95.8 cm³/mol. The summed E-state index contributed by atoms with van der Waals surface area (Å²) in [4.78, 5) is 2.48. The van der Waals surface area contributed by atoms with E-state index in [-0.39, 0.29) is 0 Å². The molecule has 2 aromatic rings. The van der Waals surface area contributed by atoms with E-state index < -0.39 is 0 Å². The molecule has 0 N–H and O–H groups in total. The number of hydrogen-bond acceptors (Lipinski definition) is 1. The van der Waals surface area contributed by atoms with E-state index in [0.29, 0.717) is 6.04 Å². The van der Waals surface area contributed by atoms with E-state index >= 15 is 0 Å². The van der Waals surface area contributed by atoms with Crippen LogP contribution in [0.15, 0.2) is 60.7 Å². The number of aryl methyl sites for hydroxylation is 1. The van der Waals surface area contributed by atoms with Crippen molar-refractivity contribution >= 4 is 0 Å². The quantitative estimate of drug-likeness (QED) is 0.607. The Morgan fingerprint density at radius 3 is 2.23 bits per heavy atom. The molecule has 0 saturated heterocycles. The molecular weight excluding hydrogens is 266 g/mol. The molecule has 2 rings (SSSR count). The molecule has 1 unspecified atom stereocenters. The van der Waals surface area contributed by atoms with E-state index in [2.05, 4.69) is 86.0 Å². The number of rotatable bonds is 9. The van der Waals surface area contributed by atoms with Crippen molar-refractivity contribution in [3.05, 3.63) is 78.2 Å². The van der Waals surface area contributed by atoms with E-state index in [1.54, 1.807) is 0 Å². The molecule has 0 spiro atoms. The summed E-state index contributed by atoms with van der Waals surface area (Å²) >= 11 is 0. The second-order valence-corrected chi connectivity index (χ2v) is 5.95. The van der Waals surface area contributed by atoms with Crippen LogP contribution >= 0.6 is 0 Å². The number of unbranched alkanes of at least 4 members (excludes halogenated alkanes) is 1. The van der Waals surface area contributed by atoms with Gasteiger partial charge < -0.3 is 0 Å². The van der Waals surface area contributed by atoms with Crippen LogP contribution in [0.4, 0.5) is 0 Å². The number of hydrogen-bond donors (Lipinski definition) is 0. The van der Waals surface area contributed by atoms with Gasteiger partial charge in [0, 0.05) is 6.04 Å². The van der Waals surface area contributed by atoms with Gasteiger partial charge in [-0.2, -0.15) is 0 Å². The minimum atomic E-state index is 0.428. The molecule has 0 aliphatic carbocycles. The lowest BCUT2D eigenvalue weighted by Crippen LogP contribution is -2.26. The first kappa shape index (κ1) is 16.8. The molecule has 1 heteroatoms. The minimum Gasteiger partial charge on any atom is -0.299 e. The Morgan fingerprint density at radius 2 is 1.59 bits per heavy atom. The number of nitrogens with zero attached hydrogens (tertiary/aromatic N) is 1. The summed E-state index contributed by atoms with van der Waals surface area (Å²) in [6.45, 7) is 3.36. The highest BCUT2D eigenvalue weighted by molar-refractivity contribution is 5.21. The van der Waals surface area contributed by atoms with E-state index in [4.69, 9.17) is 0 Å². The summed E-state index contributed by atoms with van der Waals surface area (Å²) in [5.41, 5.74) is 2.84. The number of benzene rings is 2. The van der Waals surface area contributed by atoms with Crippen LogP contribution in [0.25, 0.3) is 0 Å². The van der Waals surface area contributed by atoms with Gasteiger partial charge in [-0.15, -0.1) is 0 Å². The maximum atomic E-state index is 2.48. The highest BCUT2D eigenvalue weighted by atomic mass is 15.1. The van der Waals surface area contributed by atoms with Gasteiger partial charge in [-0.05, 0) is 50.4 Å². The summed E-state index contributed by atoms with van der Waals surface area (Å²) in [5.74, 6) is 0. The Hall–Kier alpha value is -1.60. The Kier molecular flexibility index (Phi) is 7.18. The SMILES string of the molecule is CCC[CH]C(c1ccccc1)N(C)CCCc1ccccc1. The summed E-state index contributed by atoms with van der Waals surface area (Å²) in [5, 5.41) is 0. The highest BCUT2D eigenvalue weighted by Gasteiger charge is 2.16. The summed E-state index contributed by atoms with van der Waals surface area (Å²) in [7, 11) is 2.24. The molecule has 0 fully saturated rings. The second-order valence-electron chi connectivity index (χ2n) is 5.95. The van der Waals surface area contributed by atoms with Crippen molar-refractivity contribution in [1.82, 2.24) is 4.90 Å². The van der Waals surface area contributed by atoms with Gasteiger partial charge in [0.1, 0.15) is 0 Å². The molecule has 0 heterocycles. The summed E-state index contributed by atoms with van der Waals surface area (Å²) in [6, 6.07) is 22.1. The fourth-order valence-electron chi connectivity index (χ4n) is 2.86. The normalized spacial score (nSPS) is 12.5. The fourth-order valence-corrected chi connectivity index (χ4v) is 2.86. The predicted octanol–water partition coefficient (Wildman–Crippen LogP) is 5.30. The van der Waals surface area contributed by atoms with E-state index in [1.165, 1.54) is 30.4 Å². The third-order valence-corrected chi connectivity index (χ3v) is 4.11. The Morgan fingerprint density at radius 1 is 0.955 bits per heavy atom. The van der Waals surface area contributed by atoms with Crippen molar-refractivity contribution in [2.75, 3.05) is 13.6 Å². The zero-order chi connectivity index (χ0) is 15.6. The Labute approximate surface area is 136 Å². The lowest BCUT2D eigenvalue weighted by atomic mass is 9.99. The van der Waals surface area contributed by atoms with Crippen LogP contribution < -0.4 is 0 Å². The lowest BCUT2D eigenvalue weighted by molar-refractivity contribution is 0.264. The van der Waals surface area contributed by atoms with E-state index in [9.17, 15) is 0 Å². The molecule has 1 atom stereocenters. The van der Waals surface area contributed by atoms with Gasteiger partial charge in [-0.1, -0.05) is 74.0 Å². The average Bonchev–Trinajstić information content (AvgIpc) is 2.57. The molecule has 0 bridgehead atoms. The van der Waals surface area contributed by atoms with Crippen LogP contribution in [0.2, 0.25) is 0 Å². The van der Waals surface area contributed by atoms with Crippen molar-refractivity contribution < 1.29 is 0 Å². The van der Waals surface area contributed by atoms with Gasteiger partial charge in [0.25, 0.3) is 0 Å². The van der Waals surface area contributed by atoms with Crippen LogP contribution in [-0.4, -0.2) is 18.5 Å². The average molecular weight is 294 g/mol. The topological polar surface area (TPSA) is 3.24 Å². The molecular formula is C21H28N. The summed E-state index contributed by atoms with van der Waals surface area (Å²) in [6.07, 6.45) is 7.19. The highest BCUT2D eigenvalue weighted by Crippen LogP contribution is 2.24. The zero-order valence-electron chi connectivity index (χ0n) is 13.9. The van der Waals surface area contributed by atoms with Crippen LogP contribution in [0.1, 0.15) is 43.4 Å². The van der Waals surface area contributed by atoms with Gasteiger partial charge in [0.05, 0.1) is 0 Å². The molecule has 1 nitrogen and oxygen atoms in total. The van der Waals surface area contributed by atoms with Gasteiger partial charge in [0.2, 0.25) is 0 Å². The fraction of sp³-hybridized carbons (Fsp3) is 0.381. The van der Waals surface area contributed by atoms with Crippen LogP contribution in [-0.2, 0) is 6.42 Å². The van der Waals surface area contributed by atoms with Crippen molar-refractivity contribution in [2.45, 2.75) is 38.6 Å². The van der Waals surface area contributed by atoms with E-state index in [1.807, 2.05) is 0 Å². The minimum absolute atomic E-state index is 0.428. The van der Waals surface area contributed by atoms with Crippen molar-refractivity contribution in [3.8, 4) is 0 Å². The smallest absolute Gasteiger partial charge is 0.0376 e.